The summed E-state index contributed by atoms with van der Waals surface area (Å²) in [6.07, 6.45) is 2.96. The van der Waals surface area contributed by atoms with Crippen LogP contribution in [0.3, 0.4) is 0 Å². The highest BCUT2D eigenvalue weighted by atomic mass is 35.5. The third-order valence-electron chi connectivity index (χ3n) is 2.62. The molecule has 104 valence electrons. The van der Waals surface area contributed by atoms with Crippen LogP contribution >= 0.6 is 12.4 Å². The lowest BCUT2D eigenvalue weighted by molar-refractivity contribution is 0.446. The molecule has 0 saturated heterocycles. The van der Waals surface area contributed by atoms with E-state index in [4.69, 9.17) is 0 Å². The first-order valence-electron chi connectivity index (χ1n) is 5.97. The molecule has 0 aliphatic heterocycles. The first-order chi connectivity index (χ1) is 8.69. The molecule has 0 bridgehead atoms. The van der Waals surface area contributed by atoms with E-state index in [1.54, 1.807) is 12.1 Å². The second kappa shape index (κ2) is 6.89. The van der Waals surface area contributed by atoms with Gasteiger partial charge in [0.25, 0.3) is 0 Å². The average molecular weight is 284 g/mol. The van der Waals surface area contributed by atoms with E-state index in [1.807, 2.05) is 16.9 Å². The maximum absolute atomic E-state index is 9.63. The summed E-state index contributed by atoms with van der Waals surface area (Å²) in [5.41, 5.74) is 0.720. The van der Waals surface area contributed by atoms with Gasteiger partial charge in [0.1, 0.15) is 17.3 Å². The first kappa shape index (κ1) is 15.2. The van der Waals surface area contributed by atoms with E-state index in [-0.39, 0.29) is 23.9 Å². The van der Waals surface area contributed by atoms with E-state index in [1.165, 1.54) is 6.07 Å². The fourth-order valence-electron chi connectivity index (χ4n) is 1.70. The molecule has 1 heterocycles. The lowest BCUT2D eigenvalue weighted by atomic mass is 10.2. The summed E-state index contributed by atoms with van der Waals surface area (Å²) < 4.78 is 1.87. The largest absolute Gasteiger partial charge is 0.508 e. The summed E-state index contributed by atoms with van der Waals surface area (Å²) in [6.45, 7) is 3.46. The van der Waals surface area contributed by atoms with Gasteiger partial charge in [0, 0.05) is 37.0 Å². The van der Waals surface area contributed by atoms with Gasteiger partial charge in [-0.05, 0) is 18.6 Å². The van der Waals surface area contributed by atoms with E-state index in [9.17, 15) is 10.2 Å². The minimum Gasteiger partial charge on any atom is -0.508 e. The van der Waals surface area contributed by atoms with E-state index >= 15 is 0 Å². The van der Waals surface area contributed by atoms with Crippen LogP contribution < -0.4 is 5.32 Å². The predicted octanol–water partition coefficient (Wildman–Crippen LogP) is 2.74. The highest BCUT2D eigenvalue weighted by Gasteiger charge is 2.03. The van der Waals surface area contributed by atoms with Crippen molar-refractivity contribution in [3.63, 3.8) is 0 Å². The number of phenols is 2. The molecule has 0 spiro atoms. The second-order valence-electron chi connectivity index (χ2n) is 4.13. The smallest absolute Gasteiger partial charge is 0.148 e. The number of benzene rings is 1. The second-order valence-corrected chi connectivity index (χ2v) is 4.13. The van der Waals surface area contributed by atoms with Gasteiger partial charge in [-0.25, -0.2) is 0 Å². The van der Waals surface area contributed by atoms with Crippen molar-refractivity contribution >= 4 is 18.2 Å². The molecule has 1 aromatic carbocycles. The van der Waals surface area contributed by atoms with Gasteiger partial charge in [-0.2, -0.15) is 5.10 Å². The van der Waals surface area contributed by atoms with Crippen LogP contribution in [0.2, 0.25) is 0 Å². The molecule has 1 aromatic heterocycles. The van der Waals surface area contributed by atoms with Crippen molar-refractivity contribution in [3.05, 3.63) is 36.0 Å². The third kappa shape index (κ3) is 4.06. The maximum Gasteiger partial charge on any atom is 0.148 e. The summed E-state index contributed by atoms with van der Waals surface area (Å²) in [5.74, 6) is 0.912. The molecule has 3 N–H and O–H groups in total. The third-order valence-corrected chi connectivity index (χ3v) is 2.62. The van der Waals surface area contributed by atoms with Gasteiger partial charge in [-0.3, -0.25) is 4.68 Å². The summed E-state index contributed by atoms with van der Waals surface area (Å²) in [4.78, 5) is 0. The summed E-state index contributed by atoms with van der Waals surface area (Å²) in [5, 5.41) is 26.3. The normalized spacial score (nSPS) is 9.95. The standard InChI is InChI=1S/C13H17N3O2.ClH/c1-2-6-16-7-5-13(15-16)14-9-10-3-4-11(17)8-12(10)18;/h3-5,7-8,17-18H,2,6,9H2,1H3,(H,14,15);1H. The zero-order valence-corrected chi connectivity index (χ0v) is 11.5. The number of halogens is 1. The van der Waals surface area contributed by atoms with Gasteiger partial charge in [-0.1, -0.05) is 6.92 Å². The minimum absolute atomic E-state index is 0. The van der Waals surface area contributed by atoms with Crippen molar-refractivity contribution in [3.8, 4) is 11.5 Å². The lowest BCUT2D eigenvalue weighted by Gasteiger charge is -2.06. The first-order valence-corrected chi connectivity index (χ1v) is 5.97. The Bertz CT molecular complexity index is 528. The fraction of sp³-hybridized carbons (Fsp3) is 0.308. The Kier molecular flexibility index (Phi) is 5.51. The Morgan fingerprint density at radius 2 is 2.05 bits per heavy atom. The van der Waals surface area contributed by atoms with Crippen molar-refractivity contribution < 1.29 is 10.2 Å². The zero-order chi connectivity index (χ0) is 13.0. The molecule has 6 heteroatoms. The van der Waals surface area contributed by atoms with Crippen molar-refractivity contribution in [2.24, 2.45) is 0 Å². The van der Waals surface area contributed by atoms with E-state index in [0.29, 0.717) is 6.54 Å². The number of aromatic hydroxyl groups is 2. The fourth-order valence-corrected chi connectivity index (χ4v) is 1.70. The monoisotopic (exact) mass is 283 g/mol. The summed E-state index contributed by atoms with van der Waals surface area (Å²) in [7, 11) is 0. The quantitative estimate of drug-likeness (QED) is 0.789. The molecule has 2 aromatic rings. The zero-order valence-electron chi connectivity index (χ0n) is 10.7. The van der Waals surface area contributed by atoms with Crippen LogP contribution in [0, 0.1) is 0 Å². The Balaban J connectivity index is 0.00000180. The van der Waals surface area contributed by atoms with Crippen LogP contribution in [-0.2, 0) is 13.1 Å². The van der Waals surface area contributed by atoms with Gasteiger partial charge in [0.2, 0.25) is 0 Å². The SMILES string of the molecule is CCCn1ccc(NCc2ccc(O)cc2O)n1.Cl. The number of phenolic OH excluding ortho intramolecular Hbond substituents is 2. The van der Waals surface area contributed by atoms with Crippen LogP contribution in [0.1, 0.15) is 18.9 Å². The summed E-state index contributed by atoms with van der Waals surface area (Å²) in [6, 6.07) is 6.45. The molecular weight excluding hydrogens is 266 g/mol. The van der Waals surface area contributed by atoms with Gasteiger partial charge in [0.05, 0.1) is 0 Å². The van der Waals surface area contributed by atoms with Crippen molar-refractivity contribution in [2.75, 3.05) is 5.32 Å². The molecule has 2 rings (SSSR count). The van der Waals surface area contributed by atoms with Crippen LogP contribution in [-0.4, -0.2) is 20.0 Å². The van der Waals surface area contributed by atoms with Gasteiger partial charge < -0.3 is 15.5 Å². The van der Waals surface area contributed by atoms with Crippen molar-refractivity contribution in [2.45, 2.75) is 26.4 Å². The molecular formula is C13H18ClN3O2. The number of nitrogens with one attached hydrogen (secondary N) is 1. The number of anilines is 1. The van der Waals surface area contributed by atoms with E-state index in [0.717, 1.165) is 24.3 Å². The van der Waals surface area contributed by atoms with Gasteiger partial charge >= 0.3 is 0 Å². The Morgan fingerprint density at radius 1 is 1.26 bits per heavy atom. The minimum atomic E-state index is 0. The Morgan fingerprint density at radius 3 is 2.74 bits per heavy atom. The number of aromatic nitrogens is 2. The van der Waals surface area contributed by atoms with Crippen LogP contribution in [0.15, 0.2) is 30.5 Å². The number of nitrogens with zero attached hydrogens (tertiary/aromatic N) is 2. The predicted molar refractivity (Wildman–Crippen MR) is 76.9 cm³/mol. The number of hydrogen-bond acceptors (Lipinski definition) is 4. The Labute approximate surface area is 118 Å². The molecule has 0 aliphatic carbocycles. The average Bonchev–Trinajstić information content (AvgIpc) is 2.76. The van der Waals surface area contributed by atoms with Crippen LogP contribution in [0.4, 0.5) is 5.82 Å². The van der Waals surface area contributed by atoms with E-state index in [2.05, 4.69) is 17.3 Å². The summed E-state index contributed by atoms with van der Waals surface area (Å²) >= 11 is 0. The Hall–Kier alpha value is -1.88. The molecule has 19 heavy (non-hydrogen) atoms. The molecule has 0 saturated carbocycles. The molecule has 0 atom stereocenters. The van der Waals surface area contributed by atoms with Crippen LogP contribution in [0.25, 0.3) is 0 Å². The van der Waals surface area contributed by atoms with Gasteiger partial charge in [-0.15, -0.1) is 12.4 Å². The van der Waals surface area contributed by atoms with Crippen LogP contribution in [0.5, 0.6) is 11.5 Å². The van der Waals surface area contributed by atoms with E-state index < -0.39 is 0 Å². The number of aryl methyl sites for hydroxylation is 1. The molecule has 0 fully saturated rings. The molecule has 0 aliphatic rings. The molecule has 5 nitrogen and oxygen atoms in total. The maximum atomic E-state index is 9.63. The highest BCUT2D eigenvalue weighted by Crippen LogP contribution is 2.23. The topological polar surface area (TPSA) is 70.3 Å². The molecule has 0 unspecified atom stereocenters. The highest BCUT2D eigenvalue weighted by molar-refractivity contribution is 5.85. The van der Waals surface area contributed by atoms with Crippen molar-refractivity contribution in [1.29, 1.82) is 0 Å². The van der Waals surface area contributed by atoms with Crippen molar-refractivity contribution in [1.82, 2.24) is 9.78 Å². The van der Waals surface area contributed by atoms with Gasteiger partial charge in [0.15, 0.2) is 0 Å². The number of hydrogen-bond donors (Lipinski definition) is 3. The molecule has 0 radical (unpaired) electrons. The molecule has 0 amide bonds. The number of rotatable bonds is 5. The lowest BCUT2D eigenvalue weighted by Crippen LogP contribution is -2.02.